The number of nitrogens with zero attached hydrogens (tertiary/aromatic N) is 1. The number of urea groups is 1. The number of carbonyl (C=O) groups is 2. The second-order valence-electron chi connectivity index (χ2n) is 6.81. The second-order valence-corrected chi connectivity index (χ2v) is 6.81. The molecule has 9 nitrogen and oxygen atoms in total. The van der Waals surface area contributed by atoms with E-state index < -0.39 is 40.7 Å². The van der Waals surface area contributed by atoms with Crippen molar-refractivity contribution in [1.82, 2.24) is 15.3 Å². The molecule has 0 saturated heterocycles. The highest BCUT2D eigenvalue weighted by molar-refractivity contribution is 5.98. The first kappa shape index (κ1) is 23.5. The van der Waals surface area contributed by atoms with Crippen LogP contribution in [0.2, 0.25) is 0 Å². The standard InChI is InChI=1S/C21H18F3N5O4/c22-14-7-16(24)17(8-15(14)23)27-21(33)29-20-26-10-13(19(32)28-20)12-3-1-11(2-4-12)9-25-6-5-18(30)31/h1-4,7-8,10,25H,5-6,9H2,(H,30,31)(H3,26,27,28,29,32,33). The van der Waals surface area contributed by atoms with Crippen molar-refractivity contribution in [3.8, 4) is 11.1 Å². The molecule has 172 valence electrons. The van der Waals surface area contributed by atoms with Gasteiger partial charge in [-0.3, -0.25) is 14.9 Å². The number of benzene rings is 2. The van der Waals surface area contributed by atoms with Gasteiger partial charge in [-0.05, 0) is 11.1 Å². The van der Waals surface area contributed by atoms with E-state index in [0.29, 0.717) is 24.7 Å². The number of hydrogen-bond donors (Lipinski definition) is 5. The quantitative estimate of drug-likeness (QED) is 0.258. The SMILES string of the molecule is O=C(O)CCNCc1ccc(-c2c[nH]c(NC(=O)Nc3cc(F)c(F)cc3F)nc2=O)cc1. The van der Waals surface area contributed by atoms with Crippen LogP contribution >= 0.6 is 0 Å². The minimum absolute atomic E-state index is 0.00721. The average molecular weight is 461 g/mol. The molecule has 0 atom stereocenters. The lowest BCUT2D eigenvalue weighted by Crippen LogP contribution is -2.24. The predicted octanol–water partition coefficient (Wildman–Crippen LogP) is 3.06. The van der Waals surface area contributed by atoms with Crippen LogP contribution in [-0.2, 0) is 11.3 Å². The average Bonchev–Trinajstić information content (AvgIpc) is 2.75. The van der Waals surface area contributed by atoms with Crippen LogP contribution in [0.25, 0.3) is 11.1 Å². The van der Waals surface area contributed by atoms with Crippen molar-refractivity contribution in [1.29, 1.82) is 0 Å². The van der Waals surface area contributed by atoms with Crippen LogP contribution in [0.15, 0.2) is 47.4 Å². The molecular formula is C21H18F3N5O4. The van der Waals surface area contributed by atoms with Gasteiger partial charge in [-0.25, -0.2) is 18.0 Å². The summed E-state index contributed by atoms with van der Waals surface area (Å²) in [5.74, 6) is -5.06. The molecule has 0 saturated carbocycles. The molecule has 0 bridgehead atoms. The Morgan fingerprint density at radius 2 is 1.70 bits per heavy atom. The predicted molar refractivity (Wildman–Crippen MR) is 113 cm³/mol. The van der Waals surface area contributed by atoms with Crippen molar-refractivity contribution in [3.05, 3.63) is 76.0 Å². The molecule has 0 aliphatic heterocycles. The first-order valence-electron chi connectivity index (χ1n) is 9.57. The highest BCUT2D eigenvalue weighted by Gasteiger charge is 2.14. The normalized spacial score (nSPS) is 10.6. The van der Waals surface area contributed by atoms with Gasteiger partial charge in [0.15, 0.2) is 11.6 Å². The fraction of sp³-hybridized carbons (Fsp3) is 0.143. The van der Waals surface area contributed by atoms with Gasteiger partial charge in [0.2, 0.25) is 5.95 Å². The maximum atomic E-state index is 13.6. The minimum Gasteiger partial charge on any atom is -0.481 e. The second kappa shape index (κ2) is 10.4. The molecule has 1 heterocycles. The van der Waals surface area contributed by atoms with Crippen molar-refractivity contribution in [2.24, 2.45) is 0 Å². The van der Waals surface area contributed by atoms with Crippen molar-refractivity contribution < 1.29 is 27.9 Å². The summed E-state index contributed by atoms with van der Waals surface area (Å²) in [5.41, 5.74) is 0.405. The van der Waals surface area contributed by atoms with Crippen LogP contribution < -0.4 is 21.5 Å². The van der Waals surface area contributed by atoms with E-state index in [-0.39, 0.29) is 24.0 Å². The molecule has 12 heteroatoms. The van der Waals surface area contributed by atoms with Crippen LogP contribution in [0, 0.1) is 17.5 Å². The molecule has 2 aromatic carbocycles. The van der Waals surface area contributed by atoms with E-state index in [1.54, 1.807) is 24.3 Å². The zero-order valence-electron chi connectivity index (χ0n) is 16.9. The number of aliphatic carboxylic acids is 1. The number of H-pyrrole nitrogens is 1. The monoisotopic (exact) mass is 461 g/mol. The molecular weight excluding hydrogens is 443 g/mol. The summed E-state index contributed by atoms with van der Waals surface area (Å²) in [7, 11) is 0. The van der Waals surface area contributed by atoms with E-state index in [4.69, 9.17) is 5.11 Å². The zero-order chi connectivity index (χ0) is 24.0. The van der Waals surface area contributed by atoms with Crippen molar-refractivity contribution >= 4 is 23.6 Å². The molecule has 3 rings (SSSR count). The van der Waals surface area contributed by atoms with Gasteiger partial charge in [0.25, 0.3) is 5.56 Å². The van der Waals surface area contributed by atoms with Gasteiger partial charge in [-0.15, -0.1) is 0 Å². The zero-order valence-corrected chi connectivity index (χ0v) is 16.9. The number of halogens is 3. The Kier molecular flexibility index (Phi) is 7.41. The molecule has 0 fully saturated rings. The molecule has 0 aliphatic rings. The highest BCUT2D eigenvalue weighted by Crippen LogP contribution is 2.19. The third-order valence-electron chi connectivity index (χ3n) is 4.40. The van der Waals surface area contributed by atoms with Crippen LogP contribution in [-0.4, -0.2) is 33.6 Å². The molecule has 2 amide bonds. The first-order chi connectivity index (χ1) is 15.7. The Balaban J connectivity index is 1.63. The number of anilines is 2. The van der Waals surface area contributed by atoms with Gasteiger partial charge in [0.1, 0.15) is 5.82 Å². The lowest BCUT2D eigenvalue weighted by atomic mass is 10.1. The molecule has 0 radical (unpaired) electrons. The summed E-state index contributed by atoms with van der Waals surface area (Å²) >= 11 is 0. The number of carboxylic acid groups (broad SMARTS) is 1. The lowest BCUT2D eigenvalue weighted by molar-refractivity contribution is -0.136. The molecule has 0 aliphatic carbocycles. The first-order valence-corrected chi connectivity index (χ1v) is 9.57. The summed E-state index contributed by atoms with van der Waals surface area (Å²) < 4.78 is 39.8. The number of rotatable bonds is 8. The summed E-state index contributed by atoms with van der Waals surface area (Å²) in [5, 5.41) is 15.8. The lowest BCUT2D eigenvalue weighted by Gasteiger charge is -2.09. The Hall–Kier alpha value is -4.19. The molecule has 0 spiro atoms. The number of aromatic nitrogens is 2. The van der Waals surface area contributed by atoms with E-state index in [1.165, 1.54) is 6.20 Å². The number of carbonyl (C=O) groups excluding carboxylic acids is 1. The third kappa shape index (κ3) is 6.40. The Labute approximate surface area is 184 Å². The maximum absolute atomic E-state index is 13.6. The topological polar surface area (TPSA) is 136 Å². The molecule has 0 unspecified atom stereocenters. The van der Waals surface area contributed by atoms with Gasteiger partial charge in [-0.2, -0.15) is 4.98 Å². The molecule has 1 aromatic heterocycles. The van der Waals surface area contributed by atoms with Crippen molar-refractivity contribution in [3.63, 3.8) is 0 Å². The number of aromatic amines is 1. The van der Waals surface area contributed by atoms with Crippen molar-refractivity contribution in [2.45, 2.75) is 13.0 Å². The van der Waals surface area contributed by atoms with Crippen LogP contribution in [0.1, 0.15) is 12.0 Å². The third-order valence-corrected chi connectivity index (χ3v) is 4.40. The summed E-state index contributed by atoms with van der Waals surface area (Å²) in [6.45, 7) is 0.782. The van der Waals surface area contributed by atoms with Gasteiger partial charge in [-0.1, -0.05) is 24.3 Å². The number of hydrogen-bond acceptors (Lipinski definition) is 5. The summed E-state index contributed by atoms with van der Waals surface area (Å²) in [6, 6.07) is 6.64. The van der Waals surface area contributed by atoms with Gasteiger partial charge < -0.3 is 20.7 Å². The Morgan fingerprint density at radius 3 is 2.36 bits per heavy atom. The van der Waals surface area contributed by atoms with E-state index in [9.17, 15) is 27.6 Å². The fourth-order valence-corrected chi connectivity index (χ4v) is 2.78. The summed E-state index contributed by atoms with van der Waals surface area (Å²) in [4.78, 5) is 41.2. The Bertz CT molecular complexity index is 1230. The molecule has 33 heavy (non-hydrogen) atoms. The van der Waals surface area contributed by atoms with Gasteiger partial charge in [0, 0.05) is 31.4 Å². The van der Waals surface area contributed by atoms with E-state index in [2.05, 4.69) is 20.6 Å². The van der Waals surface area contributed by atoms with E-state index >= 15 is 0 Å². The maximum Gasteiger partial charge on any atom is 0.326 e. The van der Waals surface area contributed by atoms with E-state index in [1.807, 2.05) is 5.32 Å². The van der Waals surface area contributed by atoms with Gasteiger partial charge in [0.05, 0.1) is 17.7 Å². The number of carboxylic acids is 1. The largest absolute Gasteiger partial charge is 0.481 e. The summed E-state index contributed by atoms with van der Waals surface area (Å²) in [6.07, 6.45) is 1.33. The molecule has 3 aromatic rings. The highest BCUT2D eigenvalue weighted by atomic mass is 19.2. The Morgan fingerprint density at radius 1 is 1.00 bits per heavy atom. The van der Waals surface area contributed by atoms with Gasteiger partial charge >= 0.3 is 12.0 Å². The number of amides is 2. The smallest absolute Gasteiger partial charge is 0.326 e. The molecule has 5 N–H and O–H groups in total. The van der Waals surface area contributed by atoms with Crippen LogP contribution in [0.3, 0.4) is 0 Å². The van der Waals surface area contributed by atoms with Crippen LogP contribution in [0.5, 0.6) is 0 Å². The van der Waals surface area contributed by atoms with Crippen LogP contribution in [0.4, 0.5) is 29.6 Å². The number of nitrogens with one attached hydrogen (secondary N) is 4. The minimum atomic E-state index is -1.40. The van der Waals surface area contributed by atoms with Crippen molar-refractivity contribution in [2.75, 3.05) is 17.2 Å². The van der Waals surface area contributed by atoms with E-state index in [0.717, 1.165) is 5.56 Å². The fourth-order valence-electron chi connectivity index (χ4n) is 2.78.